The molecule has 1 aromatic carbocycles. The van der Waals surface area contributed by atoms with Gasteiger partial charge in [-0.3, -0.25) is 4.57 Å². The molecule has 4 rings (SSSR count). The van der Waals surface area contributed by atoms with E-state index in [1.165, 1.54) is 30.2 Å². The molecule has 3 heterocycles. The van der Waals surface area contributed by atoms with Crippen molar-refractivity contribution in [3.8, 4) is 5.69 Å². The van der Waals surface area contributed by atoms with Gasteiger partial charge in [0.25, 0.3) is 0 Å². The Balaban J connectivity index is 1.92. The summed E-state index contributed by atoms with van der Waals surface area (Å²) in [5.41, 5.74) is 3.12. The fourth-order valence-corrected chi connectivity index (χ4v) is 4.10. The van der Waals surface area contributed by atoms with E-state index < -0.39 is 0 Å². The molecule has 0 spiro atoms. The molecule has 21 heavy (non-hydrogen) atoms. The summed E-state index contributed by atoms with van der Waals surface area (Å²) in [5, 5.41) is 0. The molecule has 1 aliphatic rings. The van der Waals surface area contributed by atoms with Crippen LogP contribution in [0.4, 0.5) is 0 Å². The van der Waals surface area contributed by atoms with Gasteiger partial charge in [-0.15, -0.1) is 0 Å². The van der Waals surface area contributed by atoms with Crippen molar-refractivity contribution in [3.05, 3.63) is 54.5 Å². The minimum atomic E-state index is 0.542. The van der Waals surface area contributed by atoms with Crippen LogP contribution in [0.25, 0.3) is 16.9 Å². The highest BCUT2D eigenvalue weighted by Gasteiger charge is 2.23. The van der Waals surface area contributed by atoms with Gasteiger partial charge < -0.3 is 0 Å². The van der Waals surface area contributed by atoms with E-state index in [0.29, 0.717) is 5.92 Å². The number of fused-ring (bicyclic) bond motifs is 1. The normalized spacial score (nSPS) is 16.4. The van der Waals surface area contributed by atoms with Crippen LogP contribution in [0, 0.1) is 0 Å². The van der Waals surface area contributed by atoms with E-state index in [9.17, 15) is 0 Å². The van der Waals surface area contributed by atoms with Gasteiger partial charge in [0, 0.05) is 17.8 Å². The zero-order valence-corrected chi connectivity index (χ0v) is 12.6. The summed E-state index contributed by atoms with van der Waals surface area (Å²) in [5.74, 6) is 4.18. The Morgan fingerprint density at radius 2 is 1.81 bits per heavy atom. The largest absolute Gasteiger partial charge is 0.280 e. The van der Waals surface area contributed by atoms with Gasteiger partial charge in [0.05, 0.1) is 0 Å². The summed E-state index contributed by atoms with van der Waals surface area (Å²) in [6, 6.07) is 14.5. The number of pyridine rings is 1. The maximum absolute atomic E-state index is 4.90. The smallest absolute Gasteiger partial charge is 0.164 e. The van der Waals surface area contributed by atoms with Crippen molar-refractivity contribution in [2.24, 2.45) is 0 Å². The third kappa shape index (κ3) is 2.33. The van der Waals surface area contributed by atoms with Crippen molar-refractivity contribution in [2.75, 3.05) is 11.5 Å². The van der Waals surface area contributed by atoms with Crippen molar-refractivity contribution in [2.45, 2.75) is 18.8 Å². The first-order valence-electron chi connectivity index (χ1n) is 7.40. The van der Waals surface area contributed by atoms with Crippen molar-refractivity contribution < 1.29 is 0 Å². The molecule has 0 saturated carbocycles. The van der Waals surface area contributed by atoms with Crippen molar-refractivity contribution in [1.82, 2.24) is 14.5 Å². The standard InChI is InChI=1S/C17H17N3S/c1-2-5-14(6-3-1)20-16(13-8-11-21-12-9-13)19-15-7-4-10-18-17(15)20/h1-7,10,13H,8-9,11-12H2. The van der Waals surface area contributed by atoms with Crippen LogP contribution in [0.2, 0.25) is 0 Å². The highest BCUT2D eigenvalue weighted by Crippen LogP contribution is 2.34. The van der Waals surface area contributed by atoms with Gasteiger partial charge in [0.1, 0.15) is 11.3 Å². The monoisotopic (exact) mass is 295 g/mol. The topological polar surface area (TPSA) is 30.7 Å². The summed E-state index contributed by atoms with van der Waals surface area (Å²) in [6.07, 6.45) is 4.27. The first-order valence-corrected chi connectivity index (χ1v) is 8.55. The molecule has 0 radical (unpaired) electrons. The van der Waals surface area contributed by atoms with Crippen molar-refractivity contribution >= 4 is 22.9 Å². The van der Waals surface area contributed by atoms with Crippen LogP contribution in [0.5, 0.6) is 0 Å². The Morgan fingerprint density at radius 3 is 2.62 bits per heavy atom. The summed E-state index contributed by atoms with van der Waals surface area (Å²) in [6.45, 7) is 0. The second-order valence-electron chi connectivity index (χ2n) is 5.37. The predicted molar refractivity (Wildman–Crippen MR) is 88.2 cm³/mol. The lowest BCUT2D eigenvalue weighted by molar-refractivity contribution is 0.592. The lowest BCUT2D eigenvalue weighted by Crippen LogP contribution is -2.13. The second kappa shape index (κ2) is 5.53. The molecule has 0 aliphatic carbocycles. The van der Waals surface area contributed by atoms with E-state index in [1.807, 2.05) is 30.1 Å². The van der Waals surface area contributed by atoms with E-state index in [1.54, 1.807) is 0 Å². The number of hydrogen-bond acceptors (Lipinski definition) is 3. The Kier molecular flexibility index (Phi) is 3.39. The molecular formula is C17H17N3S. The van der Waals surface area contributed by atoms with Crippen molar-refractivity contribution in [1.29, 1.82) is 0 Å². The second-order valence-corrected chi connectivity index (χ2v) is 6.60. The number of hydrogen-bond donors (Lipinski definition) is 0. The molecule has 0 unspecified atom stereocenters. The average Bonchev–Trinajstić information content (AvgIpc) is 2.96. The first-order chi connectivity index (χ1) is 10.4. The van der Waals surface area contributed by atoms with Crippen LogP contribution in [-0.2, 0) is 0 Å². The number of benzene rings is 1. The molecule has 106 valence electrons. The zero-order chi connectivity index (χ0) is 14.1. The molecule has 1 fully saturated rings. The van der Waals surface area contributed by atoms with E-state index in [0.717, 1.165) is 16.9 Å². The van der Waals surface area contributed by atoms with E-state index in [2.05, 4.69) is 39.9 Å². The van der Waals surface area contributed by atoms with Gasteiger partial charge in [-0.05, 0) is 48.6 Å². The van der Waals surface area contributed by atoms with Crippen LogP contribution in [0.15, 0.2) is 48.7 Å². The molecule has 3 aromatic rings. The molecular weight excluding hydrogens is 278 g/mol. The van der Waals surface area contributed by atoms with Gasteiger partial charge in [-0.1, -0.05) is 18.2 Å². The molecule has 0 amide bonds. The van der Waals surface area contributed by atoms with E-state index in [4.69, 9.17) is 4.98 Å². The van der Waals surface area contributed by atoms with Crippen molar-refractivity contribution in [3.63, 3.8) is 0 Å². The Hall–Kier alpha value is -1.81. The SMILES string of the molecule is c1ccc(-n2c(C3CCSCC3)nc3cccnc32)cc1. The zero-order valence-electron chi connectivity index (χ0n) is 11.8. The molecule has 0 N–H and O–H groups in total. The van der Waals surface area contributed by atoms with Crippen LogP contribution >= 0.6 is 11.8 Å². The fraction of sp³-hybridized carbons (Fsp3) is 0.294. The van der Waals surface area contributed by atoms with Gasteiger partial charge in [0.2, 0.25) is 0 Å². The Bertz CT molecular complexity index is 745. The molecule has 1 aliphatic heterocycles. The molecule has 2 aromatic heterocycles. The number of rotatable bonds is 2. The third-order valence-electron chi connectivity index (χ3n) is 4.04. The molecule has 3 nitrogen and oxygen atoms in total. The van der Waals surface area contributed by atoms with Gasteiger partial charge in [0.15, 0.2) is 5.65 Å². The number of para-hydroxylation sites is 1. The highest BCUT2D eigenvalue weighted by atomic mass is 32.2. The van der Waals surface area contributed by atoms with Gasteiger partial charge in [-0.2, -0.15) is 11.8 Å². The molecule has 4 heteroatoms. The summed E-state index contributed by atoms with van der Waals surface area (Å²) in [7, 11) is 0. The van der Waals surface area contributed by atoms with Gasteiger partial charge >= 0.3 is 0 Å². The number of thioether (sulfide) groups is 1. The Morgan fingerprint density at radius 1 is 1.00 bits per heavy atom. The fourth-order valence-electron chi connectivity index (χ4n) is 2.99. The number of aromatic nitrogens is 3. The number of nitrogens with zero attached hydrogens (tertiary/aromatic N) is 3. The number of imidazole rings is 1. The summed E-state index contributed by atoms with van der Waals surface area (Å²) >= 11 is 2.05. The van der Waals surface area contributed by atoms with Crippen LogP contribution < -0.4 is 0 Å². The van der Waals surface area contributed by atoms with Crippen LogP contribution in [-0.4, -0.2) is 26.0 Å². The van der Waals surface area contributed by atoms with Crippen LogP contribution in [0.1, 0.15) is 24.6 Å². The summed E-state index contributed by atoms with van der Waals surface area (Å²) in [4.78, 5) is 9.47. The first kappa shape index (κ1) is 12.9. The van der Waals surface area contributed by atoms with Crippen LogP contribution in [0.3, 0.4) is 0 Å². The molecule has 1 saturated heterocycles. The highest BCUT2D eigenvalue weighted by molar-refractivity contribution is 7.99. The molecule has 0 atom stereocenters. The van der Waals surface area contributed by atoms with E-state index in [-0.39, 0.29) is 0 Å². The quantitative estimate of drug-likeness (QED) is 0.715. The maximum atomic E-state index is 4.90. The minimum Gasteiger partial charge on any atom is -0.280 e. The lowest BCUT2D eigenvalue weighted by atomic mass is 10.0. The lowest BCUT2D eigenvalue weighted by Gasteiger charge is -2.22. The molecule has 0 bridgehead atoms. The van der Waals surface area contributed by atoms with E-state index >= 15 is 0 Å². The Labute approximate surface area is 128 Å². The minimum absolute atomic E-state index is 0.542. The summed E-state index contributed by atoms with van der Waals surface area (Å²) < 4.78 is 2.25. The third-order valence-corrected chi connectivity index (χ3v) is 5.09. The average molecular weight is 295 g/mol. The predicted octanol–water partition coefficient (Wildman–Crippen LogP) is 4.03. The van der Waals surface area contributed by atoms with Gasteiger partial charge in [-0.25, -0.2) is 9.97 Å². The maximum Gasteiger partial charge on any atom is 0.164 e.